The Bertz CT molecular complexity index is 1260. The van der Waals surface area contributed by atoms with Gasteiger partial charge in [0.15, 0.2) is 10.8 Å². The second kappa shape index (κ2) is 9.94. The molecule has 3 atom stereocenters. The molecule has 1 aromatic heterocycles. The molecule has 1 aliphatic rings. The van der Waals surface area contributed by atoms with Crippen LogP contribution in [0.15, 0.2) is 60.0 Å². The van der Waals surface area contributed by atoms with Crippen LogP contribution in [0.4, 0.5) is 9.93 Å². The summed E-state index contributed by atoms with van der Waals surface area (Å²) in [5, 5.41) is 16.4. The normalized spacial score (nSPS) is 17.0. The summed E-state index contributed by atoms with van der Waals surface area (Å²) in [6.07, 6.45) is 0. The highest BCUT2D eigenvalue weighted by molar-refractivity contribution is 7.14. The summed E-state index contributed by atoms with van der Waals surface area (Å²) in [4.78, 5) is 56.5. The number of amides is 4. The van der Waals surface area contributed by atoms with Gasteiger partial charge in [-0.25, -0.2) is 19.5 Å². The number of carbonyl (C=O) groups is 4. The Hall–Kier alpha value is -4.25. The van der Waals surface area contributed by atoms with Gasteiger partial charge in [-0.3, -0.25) is 9.59 Å². The lowest BCUT2D eigenvalue weighted by Crippen LogP contribution is -2.50. The number of nitrogens with one attached hydrogen (secondary N) is 2. The number of methoxy groups -OCH3 is 1. The third-order valence-electron chi connectivity index (χ3n) is 5.67. The lowest BCUT2D eigenvalue weighted by atomic mass is 9.91. The van der Waals surface area contributed by atoms with Gasteiger partial charge in [-0.15, -0.1) is 11.3 Å². The molecule has 1 fully saturated rings. The Kier molecular flexibility index (Phi) is 6.78. The number of nitrogens with zero attached hydrogens (tertiary/aromatic N) is 2. The first-order valence-electron chi connectivity index (χ1n) is 10.6. The highest BCUT2D eigenvalue weighted by Gasteiger charge is 2.47. The third kappa shape index (κ3) is 4.85. The van der Waals surface area contributed by atoms with Crippen LogP contribution in [0.1, 0.15) is 40.5 Å². The van der Waals surface area contributed by atoms with Crippen LogP contribution in [0.2, 0.25) is 0 Å². The molecule has 0 spiro atoms. The Morgan fingerprint density at radius 1 is 1.14 bits per heavy atom. The Morgan fingerprint density at radius 3 is 2.49 bits per heavy atom. The number of aromatic hydroxyl groups is 1. The number of benzene rings is 2. The predicted octanol–water partition coefficient (Wildman–Crippen LogP) is 3.04. The molecule has 1 aliphatic heterocycles. The molecule has 1 saturated heterocycles. The first kappa shape index (κ1) is 23.9. The Labute approximate surface area is 204 Å². The number of carbonyl (C=O) groups excluding carboxylic acids is 4. The number of thiazole rings is 1. The van der Waals surface area contributed by atoms with Gasteiger partial charge in [0.1, 0.15) is 17.8 Å². The van der Waals surface area contributed by atoms with Crippen molar-refractivity contribution in [2.45, 2.75) is 24.9 Å². The first-order chi connectivity index (χ1) is 16.8. The standard InChI is InChI=1S/C24H22N4O6S/c1-13(14-6-4-3-5-7-14)19(20(30)27-23-25-17(12-35-23)22(32)34-2)28-21(31)18(26-24(28)33)15-8-10-16(29)11-9-15/h3-13,18-19,29H,1-2H3,(H,26,33)(H,25,27,30)/t13?,18-,19?/m1/s1. The molecule has 2 heterocycles. The highest BCUT2D eigenvalue weighted by Crippen LogP contribution is 2.31. The molecular weight excluding hydrogens is 472 g/mol. The molecule has 35 heavy (non-hydrogen) atoms. The van der Waals surface area contributed by atoms with Crippen LogP contribution in [0.5, 0.6) is 5.75 Å². The zero-order valence-corrected chi connectivity index (χ0v) is 19.6. The maximum absolute atomic E-state index is 13.5. The number of ether oxygens (including phenoxy) is 1. The van der Waals surface area contributed by atoms with Crippen molar-refractivity contribution in [1.29, 1.82) is 0 Å². The van der Waals surface area contributed by atoms with E-state index in [-0.39, 0.29) is 16.6 Å². The summed E-state index contributed by atoms with van der Waals surface area (Å²) in [6, 6.07) is 12.0. The average Bonchev–Trinajstić information content (AvgIpc) is 3.44. The van der Waals surface area contributed by atoms with Gasteiger partial charge in [0.05, 0.1) is 7.11 Å². The molecule has 0 saturated carbocycles. The van der Waals surface area contributed by atoms with E-state index in [2.05, 4.69) is 20.4 Å². The summed E-state index contributed by atoms with van der Waals surface area (Å²) >= 11 is 1.02. The smallest absolute Gasteiger partial charge is 0.357 e. The van der Waals surface area contributed by atoms with Crippen LogP contribution < -0.4 is 10.6 Å². The van der Waals surface area contributed by atoms with E-state index in [4.69, 9.17) is 0 Å². The largest absolute Gasteiger partial charge is 0.508 e. The number of urea groups is 1. The third-order valence-corrected chi connectivity index (χ3v) is 6.43. The summed E-state index contributed by atoms with van der Waals surface area (Å²) in [5.41, 5.74) is 1.25. The van der Waals surface area contributed by atoms with E-state index in [1.165, 1.54) is 36.8 Å². The number of rotatable bonds is 7. The van der Waals surface area contributed by atoms with Crippen LogP contribution in [-0.2, 0) is 14.3 Å². The molecule has 0 aliphatic carbocycles. The maximum atomic E-state index is 13.5. The van der Waals surface area contributed by atoms with Gasteiger partial charge in [-0.2, -0.15) is 0 Å². The van der Waals surface area contributed by atoms with Crippen LogP contribution in [0.25, 0.3) is 0 Å². The van der Waals surface area contributed by atoms with E-state index in [9.17, 15) is 24.3 Å². The summed E-state index contributed by atoms with van der Waals surface area (Å²) in [5.74, 6) is -2.43. The van der Waals surface area contributed by atoms with E-state index in [0.717, 1.165) is 21.8 Å². The second-order valence-electron chi connectivity index (χ2n) is 7.85. The molecule has 3 N–H and O–H groups in total. The summed E-state index contributed by atoms with van der Waals surface area (Å²) < 4.78 is 4.64. The fourth-order valence-corrected chi connectivity index (χ4v) is 4.55. The van der Waals surface area contributed by atoms with Crippen molar-refractivity contribution in [2.75, 3.05) is 12.4 Å². The quantitative estimate of drug-likeness (QED) is 0.339. The number of esters is 1. The zero-order chi connectivity index (χ0) is 25.1. The van der Waals surface area contributed by atoms with E-state index in [1.807, 2.05) is 6.07 Å². The SMILES string of the molecule is COC(=O)c1csc(NC(=O)C(C(C)c2ccccc2)N2C(=O)N[C@H](c3ccc(O)cc3)C2=O)n1. The minimum atomic E-state index is -1.21. The highest BCUT2D eigenvalue weighted by atomic mass is 32.1. The molecule has 4 amide bonds. The molecule has 2 aromatic carbocycles. The van der Waals surface area contributed by atoms with Crippen molar-refractivity contribution in [3.8, 4) is 5.75 Å². The molecule has 0 radical (unpaired) electrons. The number of imide groups is 1. The lowest BCUT2D eigenvalue weighted by Gasteiger charge is -2.29. The van der Waals surface area contributed by atoms with Crippen LogP contribution in [0.3, 0.4) is 0 Å². The molecular formula is C24H22N4O6S. The van der Waals surface area contributed by atoms with Gasteiger partial charge in [0.25, 0.3) is 5.91 Å². The fraction of sp³-hybridized carbons (Fsp3) is 0.208. The van der Waals surface area contributed by atoms with Gasteiger partial charge in [0, 0.05) is 11.3 Å². The van der Waals surface area contributed by atoms with Crippen molar-refractivity contribution < 1.29 is 29.0 Å². The van der Waals surface area contributed by atoms with Crippen molar-refractivity contribution in [2.24, 2.45) is 0 Å². The van der Waals surface area contributed by atoms with Crippen LogP contribution in [0, 0.1) is 0 Å². The van der Waals surface area contributed by atoms with Gasteiger partial charge >= 0.3 is 12.0 Å². The van der Waals surface area contributed by atoms with Crippen LogP contribution >= 0.6 is 11.3 Å². The topological polar surface area (TPSA) is 138 Å². The fourth-order valence-electron chi connectivity index (χ4n) is 3.87. The maximum Gasteiger partial charge on any atom is 0.357 e. The van der Waals surface area contributed by atoms with Gasteiger partial charge in [0.2, 0.25) is 5.91 Å². The number of hydrogen-bond acceptors (Lipinski definition) is 8. The van der Waals surface area contributed by atoms with Gasteiger partial charge in [-0.05, 0) is 23.3 Å². The first-order valence-corrected chi connectivity index (χ1v) is 11.5. The van der Waals surface area contributed by atoms with Crippen LogP contribution in [-0.4, -0.2) is 52.0 Å². The monoisotopic (exact) mass is 494 g/mol. The number of anilines is 1. The Balaban J connectivity index is 1.66. The number of aromatic nitrogens is 1. The molecule has 3 aromatic rings. The molecule has 4 rings (SSSR count). The summed E-state index contributed by atoms with van der Waals surface area (Å²) in [7, 11) is 1.22. The van der Waals surface area contributed by atoms with Crippen molar-refractivity contribution in [3.63, 3.8) is 0 Å². The minimum Gasteiger partial charge on any atom is -0.508 e. The lowest BCUT2D eigenvalue weighted by molar-refractivity contribution is -0.134. The second-order valence-corrected chi connectivity index (χ2v) is 8.70. The van der Waals surface area contributed by atoms with E-state index in [1.54, 1.807) is 31.2 Å². The number of hydrogen-bond donors (Lipinski definition) is 3. The van der Waals surface area contributed by atoms with Gasteiger partial charge < -0.3 is 20.5 Å². The molecule has 10 nitrogen and oxygen atoms in total. The van der Waals surface area contributed by atoms with Crippen molar-refractivity contribution >= 4 is 40.3 Å². The molecule has 180 valence electrons. The van der Waals surface area contributed by atoms with E-state index in [0.29, 0.717) is 5.56 Å². The van der Waals surface area contributed by atoms with Gasteiger partial charge in [-0.1, -0.05) is 49.4 Å². The summed E-state index contributed by atoms with van der Waals surface area (Å²) in [6.45, 7) is 1.75. The predicted molar refractivity (Wildman–Crippen MR) is 127 cm³/mol. The zero-order valence-electron chi connectivity index (χ0n) is 18.8. The average molecular weight is 495 g/mol. The van der Waals surface area contributed by atoms with E-state index < -0.39 is 41.8 Å². The van der Waals surface area contributed by atoms with Crippen molar-refractivity contribution in [1.82, 2.24) is 15.2 Å². The minimum absolute atomic E-state index is 0.0205. The van der Waals surface area contributed by atoms with E-state index >= 15 is 0 Å². The molecule has 0 bridgehead atoms. The molecule has 11 heteroatoms. The molecule has 2 unspecified atom stereocenters. The van der Waals surface area contributed by atoms with Crippen molar-refractivity contribution in [3.05, 3.63) is 76.8 Å². The number of phenols is 1. The number of phenolic OH excluding ortho intramolecular Hbond substituents is 1. The Morgan fingerprint density at radius 2 is 1.83 bits per heavy atom.